The molecular formula is C29H25N5OS. The second kappa shape index (κ2) is 10.7. The highest BCUT2D eigenvalue weighted by atomic mass is 32.2. The van der Waals surface area contributed by atoms with Crippen molar-refractivity contribution < 1.29 is 4.79 Å². The topological polar surface area (TPSA) is 80.7 Å². The van der Waals surface area contributed by atoms with Crippen molar-refractivity contribution >= 4 is 34.3 Å². The first-order valence-electron chi connectivity index (χ1n) is 11.8. The largest absolute Gasteiger partial charge is 0.324 e. The van der Waals surface area contributed by atoms with Gasteiger partial charge < -0.3 is 5.32 Å². The summed E-state index contributed by atoms with van der Waals surface area (Å²) in [6, 6.07) is 29.5. The fourth-order valence-corrected chi connectivity index (χ4v) is 4.84. The third kappa shape index (κ3) is 5.11. The van der Waals surface area contributed by atoms with Crippen LogP contribution in [0.1, 0.15) is 19.0 Å². The van der Waals surface area contributed by atoms with E-state index in [1.54, 1.807) is 0 Å². The van der Waals surface area contributed by atoms with Gasteiger partial charge >= 0.3 is 0 Å². The summed E-state index contributed by atoms with van der Waals surface area (Å²) >= 11 is 1.33. The Morgan fingerprint density at radius 1 is 0.833 bits per heavy atom. The standard InChI is InChI=1S/C29H25N5OS/c1-3-25(28(35)31-24-18-19(2)30-23-17-11-10-16-22(23)24)36-29-32-26(20-12-6-4-7-13-20)27(33-34-29)21-14-8-5-9-15-21/h4-18,25H,3H2,1-2H3,(H,30,31,35). The molecule has 0 bridgehead atoms. The summed E-state index contributed by atoms with van der Waals surface area (Å²) in [6.07, 6.45) is 0.614. The maximum absolute atomic E-state index is 13.3. The van der Waals surface area contributed by atoms with Crippen LogP contribution in [0.3, 0.4) is 0 Å². The number of aromatic nitrogens is 4. The van der Waals surface area contributed by atoms with Crippen LogP contribution in [-0.2, 0) is 4.79 Å². The number of hydrogen-bond acceptors (Lipinski definition) is 6. The molecule has 1 N–H and O–H groups in total. The minimum atomic E-state index is -0.384. The lowest BCUT2D eigenvalue weighted by Crippen LogP contribution is -2.25. The number of amides is 1. The molecule has 0 saturated carbocycles. The lowest BCUT2D eigenvalue weighted by atomic mass is 10.0. The maximum Gasteiger partial charge on any atom is 0.237 e. The first-order chi connectivity index (χ1) is 17.6. The Balaban J connectivity index is 1.44. The summed E-state index contributed by atoms with van der Waals surface area (Å²) in [7, 11) is 0. The Bertz CT molecular complexity index is 1510. The number of aryl methyl sites for hydroxylation is 1. The number of nitrogens with one attached hydrogen (secondary N) is 1. The molecule has 1 unspecified atom stereocenters. The average Bonchev–Trinajstić information content (AvgIpc) is 2.92. The lowest BCUT2D eigenvalue weighted by Gasteiger charge is -2.16. The third-order valence-electron chi connectivity index (χ3n) is 5.77. The van der Waals surface area contributed by atoms with Crippen molar-refractivity contribution in [3.63, 3.8) is 0 Å². The van der Waals surface area contributed by atoms with Crippen LogP contribution < -0.4 is 5.32 Å². The van der Waals surface area contributed by atoms with Crippen LogP contribution in [0.25, 0.3) is 33.4 Å². The Morgan fingerprint density at radius 2 is 1.47 bits per heavy atom. The van der Waals surface area contributed by atoms with Crippen LogP contribution in [0, 0.1) is 6.92 Å². The summed E-state index contributed by atoms with van der Waals surface area (Å²) in [6.45, 7) is 3.91. The number of thioether (sulfide) groups is 1. The molecular weight excluding hydrogens is 466 g/mol. The zero-order chi connectivity index (χ0) is 24.9. The van der Waals surface area contributed by atoms with Gasteiger partial charge in [0.1, 0.15) is 11.4 Å². The molecule has 0 aliphatic carbocycles. The number of anilines is 1. The number of pyridine rings is 1. The molecule has 0 radical (unpaired) electrons. The van der Waals surface area contributed by atoms with E-state index < -0.39 is 0 Å². The number of benzene rings is 3. The van der Waals surface area contributed by atoms with Gasteiger partial charge in [-0.2, -0.15) is 0 Å². The van der Waals surface area contributed by atoms with E-state index in [9.17, 15) is 4.79 Å². The van der Waals surface area contributed by atoms with Crippen molar-refractivity contribution in [2.24, 2.45) is 0 Å². The molecule has 1 atom stereocenters. The highest BCUT2D eigenvalue weighted by Gasteiger charge is 2.22. The van der Waals surface area contributed by atoms with Gasteiger partial charge in [-0.05, 0) is 25.5 Å². The van der Waals surface area contributed by atoms with Crippen LogP contribution in [0.5, 0.6) is 0 Å². The van der Waals surface area contributed by atoms with Crippen LogP contribution in [0.15, 0.2) is 96.2 Å². The van der Waals surface area contributed by atoms with Crippen LogP contribution in [-0.4, -0.2) is 31.3 Å². The van der Waals surface area contributed by atoms with Gasteiger partial charge in [0.2, 0.25) is 11.1 Å². The Kier molecular flexibility index (Phi) is 7.00. The van der Waals surface area contributed by atoms with Crippen molar-refractivity contribution in [3.05, 3.63) is 96.7 Å². The van der Waals surface area contributed by atoms with E-state index in [0.29, 0.717) is 17.3 Å². The van der Waals surface area contributed by atoms with Crippen LogP contribution in [0.2, 0.25) is 0 Å². The third-order valence-corrected chi connectivity index (χ3v) is 6.99. The molecule has 0 spiro atoms. The molecule has 2 heterocycles. The van der Waals surface area contributed by atoms with E-state index in [1.807, 2.05) is 105 Å². The van der Waals surface area contributed by atoms with Crippen molar-refractivity contribution in [2.75, 3.05) is 5.32 Å². The Labute approximate surface area is 214 Å². The number of carbonyl (C=O) groups is 1. The fraction of sp³-hybridized carbons (Fsp3) is 0.138. The number of para-hydroxylation sites is 1. The van der Waals surface area contributed by atoms with E-state index in [1.165, 1.54) is 11.8 Å². The van der Waals surface area contributed by atoms with Crippen LogP contribution in [0.4, 0.5) is 5.69 Å². The van der Waals surface area contributed by atoms with Gasteiger partial charge in [-0.25, -0.2) is 4.98 Å². The zero-order valence-corrected chi connectivity index (χ0v) is 20.9. The average molecular weight is 492 g/mol. The number of fused-ring (bicyclic) bond motifs is 1. The summed E-state index contributed by atoms with van der Waals surface area (Å²) in [4.78, 5) is 22.7. The number of nitrogens with zero attached hydrogens (tertiary/aromatic N) is 4. The van der Waals surface area contributed by atoms with Gasteiger partial charge in [-0.3, -0.25) is 9.78 Å². The molecule has 0 aliphatic heterocycles. The summed E-state index contributed by atoms with van der Waals surface area (Å²) in [5.41, 5.74) is 5.80. The molecule has 5 aromatic rings. The second-order valence-corrected chi connectivity index (χ2v) is 9.53. The van der Waals surface area contributed by atoms with Crippen molar-refractivity contribution in [2.45, 2.75) is 30.7 Å². The van der Waals surface area contributed by atoms with Gasteiger partial charge in [0.05, 0.1) is 16.5 Å². The quantitative estimate of drug-likeness (QED) is 0.259. The minimum absolute atomic E-state index is 0.102. The van der Waals surface area contributed by atoms with Gasteiger partial charge in [-0.1, -0.05) is 97.5 Å². The Hall–Kier alpha value is -4.10. The molecule has 7 heteroatoms. The van der Waals surface area contributed by atoms with E-state index in [2.05, 4.69) is 20.5 Å². The maximum atomic E-state index is 13.3. The molecule has 1 amide bonds. The Morgan fingerprint density at radius 3 is 2.17 bits per heavy atom. The molecule has 3 aromatic carbocycles. The predicted molar refractivity (Wildman–Crippen MR) is 146 cm³/mol. The highest BCUT2D eigenvalue weighted by molar-refractivity contribution is 8.00. The number of hydrogen-bond donors (Lipinski definition) is 1. The number of rotatable bonds is 7. The molecule has 2 aromatic heterocycles. The predicted octanol–water partition coefficient (Wildman–Crippen LogP) is 6.57. The smallest absolute Gasteiger partial charge is 0.237 e. The van der Waals surface area contributed by atoms with Crippen LogP contribution >= 0.6 is 11.8 Å². The summed E-state index contributed by atoms with van der Waals surface area (Å²) < 4.78 is 0. The molecule has 0 fully saturated rings. The molecule has 6 nitrogen and oxygen atoms in total. The van der Waals surface area contributed by atoms with E-state index in [0.717, 1.165) is 39.1 Å². The van der Waals surface area contributed by atoms with E-state index in [4.69, 9.17) is 4.98 Å². The fourth-order valence-electron chi connectivity index (χ4n) is 4.02. The van der Waals surface area contributed by atoms with E-state index in [-0.39, 0.29) is 11.2 Å². The molecule has 0 saturated heterocycles. The van der Waals surface area contributed by atoms with Gasteiger partial charge in [0.25, 0.3) is 0 Å². The first kappa shape index (κ1) is 23.6. The van der Waals surface area contributed by atoms with Gasteiger partial charge in [0, 0.05) is 22.2 Å². The number of carbonyl (C=O) groups excluding carboxylic acids is 1. The van der Waals surface area contributed by atoms with Gasteiger partial charge in [-0.15, -0.1) is 10.2 Å². The summed E-state index contributed by atoms with van der Waals surface area (Å²) in [5.74, 6) is -0.102. The summed E-state index contributed by atoms with van der Waals surface area (Å²) in [5, 5.41) is 13.0. The second-order valence-electron chi connectivity index (χ2n) is 8.36. The molecule has 178 valence electrons. The molecule has 0 aliphatic rings. The van der Waals surface area contributed by atoms with Crippen molar-refractivity contribution in [1.82, 2.24) is 20.2 Å². The first-order valence-corrected chi connectivity index (χ1v) is 12.7. The van der Waals surface area contributed by atoms with Crippen molar-refractivity contribution in [1.29, 1.82) is 0 Å². The zero-order valence-electron chi connectivity index (χ0n) is 20.1. The van der Waals surface area contributed by atoms with Crippen molar-refractivity contribution in [3.8, 4) is 22.5 Å². The lowest BCUT2D eigenvalue weighted by molar-refractivity contribution is -0.115. The molecule has 36 heavy (non-hydrogen) atoms. The minimum Gasteiger partial charge on any atom is -0.324 e. The molecule has 5 rings (SSSR count). The monoisotopic (exact) mass is 491 g/mol. The van der Waals surface area contributed by atoms with Gasteiger partial charge in [0.15, 0.2) is 0 Å². The SMILES string of the molecule is CCC(Sc1nnc(-c2ccccc2)c(-c2ccccc2)n1)C(=O)Nc1cc(C)nc2ccccc12. The van der Waals surface area contributed by atoms with E-state index >= 15 is 0 Å². The highest BCUT2D eigenvalue weighted by Crippen LogP contribution is 2.32. The normalized spacial score (nSPS) is 11.8.